The van der Waals surface area contributed by atoms with Gasteiger partial charge in [0.05, 0.1) is 5.02 Å². The van der Waals surface area contributed by atoms with E-state index in [0.717, 1.165) is 5.56 Å². The second kappa shape index (κ2) is 8.64. The molecule has 7 nitrogen and oxygen atoms in total. The van der Waals surface area contributed by atoms with E-state index < -0.39 is 5.91 Å². The number of halogens is 1. The lowest BCUT2D eigenvalue weighted by Crippen LogP contribution is -2.30. The zero-order valence-corrected chi connectivity index (χ0v) is 15.3. The summed E-state index contributed by atoms with van der Waals surface area (Å²) in [6, 6.07) is 9.93. The topological polar surface area (TPSA) is 99.9 Å². The minimum absolute atomic E-state index is 0.127. The Morgan fingerprint density at radius 1 is 1.15 bits per heavy atom. The minimum Gasteiger partial charge on any atom is -0.486 e. The summed E-state index contributed by atoms with van der Waals surface area (Å²) >= 11 is 6.20. The Balaban J connectivity index is 1.44. The number of amides is 2. The Bertz CT molecular complexity index is 839. The fourth-order valence-corrected chi connectivity index (χ4v) is 2.86. The van der Waals surface area contributed by atoms with Gasteiger partial charge < -0.3 is 25.3 Å². The van der Waals surface area contributed by atoms with Crippen LogP contribution in [0.2, 0.25) is 5.02 Å². The molecule has 0 saturated heterocycles. The van der Waals surface area contributed by atoms with E-state index in [9.17, 15) is 9.59 Å². The molecule has 3 rings (SSSR count). The summed E-state index contributed by atoms with van der Waals surface area (Å²) in [7, 11) is 0. The Morgan fingerprint density at radius 2 is 1.89 bits per heavy atom. The van der Waals surface area contributed by atoms with E-state index in [1.807, 2.05) is 6.07 Å². The van der Waals surface area contributed by atoms with Crippen molar-refractivity contribution in [3.8, 4) is 17.2 Å². The van der Waals surface area contributed by atoms with Crippen LogP contribution in [-0.2, 0) is 11.2 Å². The molecule has 0 bridgehead atoms. The fourth-order valence-electron chi connectivity index (χ4n) is 2.57. The van der Waals surface area contributed by atoms with Crippen molar-refractivity contribution in [3.63, 3.8) is 0 Å². The highest BCUT2D eigenvalue weighted by molar-refractivity contribution is 6.32. The third kappa shape index (κ3) is 5.04. The highest BCUT2D eigenvalue weighted by atomic mass is 35.5. The molecule has 1 aliphatic heterocycles. The summed E-state index contributed by atoms with van der Waals surface area (Å²) in [4.78, 5) is 22.9. The van der Waals surface area contributed by atoms with Gasteiger partial charge in [-0.3, -0.25) is 9.59 Å². The van der Waals surface area contributed by atoms with E-state index >= 15 is 0 Å². The Kier molecular flexibility index (Phi) is 6.03. The average molecular weight is 391 g/mol. The molecule has 8 heteroatoms. The SMILES string of the molecule is NC(=O)c1ccc(OCC(=O)NCCc2cc(Cl)c3c(c2)OCCO3)cc1. The number of carbonyl (C=O) groups is 2. The van der Waals surface area contributed by atoms with E-state index in [0.29, 0.717) is 54.0 Å². The molecule has 0 unspecified atom stereocenters. The molecule has 2 aromatic rings. The van der Waals surface area contributed by atoms with Crippen LogP contribution in [0.3, 0.4) is 0 Å². The van der Waals surface area contributed by atoms with Crippen molar-refractivity contribution in [2.45, 2.75) is 6.42 Å². The van der Waals surface area contributed by atoms with Crippen LogP contribution in [0.1, 0.15) is 15.9 Å². The third-order valence-corrected chi connectivity index (χ3v) is 4.18. The molecule has 0 aliphatic carbocycles. The Labute approximate surface area is 161 Å². The van der Waals surface area contributed by atoms with E-state index in [1.165, 1.54) is 0 Å². The monoisotopic (exact) mass is 390 g/mol. The number of rotatable bonds is 7. The van der Waals surface area contributed by atoms with Crippen LogP contribution in [0.15, 0.2) is 36.4 Å². The van der Waals surface area contributed by atoms with Gasteiger partial charge in [0, 0.05) is 12.1 Å². The van der Waals surface area contributed by atoms with Crippen molar-refractivity contribution in [2.75, 3.05) is 26.4 Å². The second-order valence-corrected chi connectivity index (χ2v) is 6.29. The maximum Gasteiger partial charge on any atom is 0.257 e. The summed E-state index contributed by atoms with van der Waals surface area (Å²) in [6.45, 7) is 1.27. The smallest absolute Gasteiger partial charge is 0.257 e. The first-order valence-electron chi connectivity index (χ1n) is 8.40. The van der Waals surface area contributed by atoms with Crippen molar-refractivity contribution in [1.29, 1.82) is 0 Å². The van der Waals surface area contributed by atoms with Gasteiger partial charge in [-0.25, -0.2) is 0 Å². The largest absolute Gasteiger partial charge is 0.486 e. The number of nitrogens with one attached hydrogen (secondary N) is 1. The van der Waals surface area contributed by atoms with Crippen LogP contribution in [0.5, 0.6) is 17.2 Å². The summed E-state index contributed by atoms with van der Waals surface area (Å²) < 4.78 is 16.4. The van der Waals surface area contributed by atoms with Crippen LogP contribution in [0.25, 0.3) is 0 Å². The van der Waals surface area contributed by atoms with E-state index in [-0.39, 0.29) is 12.5 Å². The summed E-state index contributed by atoms with van der Waals surface area (Å²) in [5.74, 6) is 0.897. The molecule has 0 fully saturated rings. The van der Waals surface area contributed by atoms with Crippen LogP contribution in [0, 0.1) is 0 Å². The molecule has 0 spiro atoms. The van der Waals surface area contributed by atoms with Crippen LogP contribution >= 0.6 is 11.6 Å². The first-order chi connectivity index (χ1) is 13.0. The van der Waals surface area contributed by atoms with Crippen molar-refractivity contribution < 1.29 is 23.8 Å². The number of fused-ring (bicyclic) bond motifs is 1. The number of benzene rings is 2. The maximum absolute atomic E-state index is 11.9. The quantitative estimate of drug-likeness (QED) is 0.752. The number of hydrogen-bond donors (Lipinski definition) is 2. The van der Waals surface area contributed by atoms with Gasteiger partial charge in [0.2, 0.25) is 5.91 Å². The van der Waals surface area contributed by atoms with E-state index in [4.69, 9.17) is 31.5 Å². The molecule has 0 aromatic heterocycles. The first kappa shape index (κ1) is 18.8. The Morgan fingerprint density at radius 3 is 2.63 bits per heavy atom. The van der Waals surface area contributed by atoms with E-state index in [2.05, 4.69) is 5.32 Å². The van der Waals surface area contributed by atoms with Gasteiger partial charge in [-0.15, -0.1) is 0 Å². The number of hydrogen-bond acceptors (Lipinski definition) is 5. The highest BCUT2D eigenvalue weighted by Crippen LogP contribution is 2.38. The van der Waals surface area contributed by atoms with Gasteiger partial charge in [-0.05, 0) is 48.4 Å². The van der Waals surface area contributed by atoms with Gasteiger partial charge in [0.25, 0.3) is 5.91 Å². The molecule has 0 saturated carbocycles. The number of nitrogens with two attached hydrogens (primary N) is 1. The van der Waals surface area contributed by atoms with Gasteiger partial charge in [-0.1, -0.05) is 11.6 Å². The fraction of sp³-hybridized carbons (Fsp3) is 0.263. The molecular formula is C19H19ClN2O5. The standard InChI is InChI=1S/C19H19ClN2O5/c20-15-9-12(10-16-18(15)26-8-7-25-16)5-6-22-17(23)11-27-14-3-1-13(2-4-14)19(21)24/h1-4,9-10H,5-8,11H2,(H2,21,24)(H,22,23). The molecule has 0 radical (unpaired) electrons. The molecule has 142 valence electrons. The number of ether oxygens (including phenoxy) is 3. The zero-order valence-electron chi connectivity index (χ0n) is 14.5. The third-order valence-electron chi connectivity index (χ3n) is 3.90. The van der Waals surface area contributed by atoms with Crippen molar-refractivity contribution >= 4 is 23.4 Å². The lowest BCUT2D eigenvalue weighted by molar-refractivity contribution is -0.123. The summed E-state index contributed by atoms with van der Waals surface area (Å²) in [5, 5.41) is 3.27. The van der Waals surface area contributed by atoms with Crippen molar-refractivity contribution in [3.05, 3.63) is 52.5 Å². The Hall–Kier alpha value is -2.93. The molecule has 1 aliphatic rings. The van der Waals surface area contributed by atoms with Gasteiger partial charge in [0.1, 0.15) is 19.0 Å². The van der Waals surface area contributed by atoms with Gasteiger partial charge in [0.15, 0.2) is 18.1 Å². The molecule has 27 heavy (non-hydrogen) atoms. The van der Waals surface area contributed by atoms with Crippen molar-refractivity contribution in [2.24, 2.45) is 5.73 Å². The molecule has 3 N–H and O–H groups in total. The molecule has 1 heterocycles. The maximum atomic E-state index is 11.9. The minimum atomic E-state index is -0.515. The molecule has 2 aromatic carbocycles. The highest BCUT2D eigenvalue weighted by Gasteiger charge is 2.16. The molecular weight excluding hydrogens is 372 g/mol. The van der Waals surface area contributed by atoms with E-state index in [1.54, 1.807) is 30.3 Å². The lowest BCUT2D eigenvalue weighted by atomic mass is 10.1. The lowest BCUT2D eigenvalue weighted by Gasteiger charge is -2.20. The van der Waals surface area contributed by atoms with Gasteiger partial charge in [-0.2, -0.15) is 0 Å². The second-order valence-electron chi connectivity index (χ2n) is 5.88. The first-order valence-corrected chi connectivity index (χ1v) is 8.78. The van der Waals surface area contributed by atoms with Crippen molar-refractivity contribution in [1.82, 2.24) is 5.32 Å². The molecule has 2 amide bonds. The van der Waals surface area contributed by atoms with Gasteiger partial charge >= 0.3 is 0 Å². The normalized spacial score (nSPS) is 12.3. The van der Waals surface area contributed by atoms with Crippen LogP contribution in [0.4, 0.5) is 0 Å². The number of carbonyl (C=O) groups excluding carboxylic acids is 2. The number of primary amides is 1. The zero-order chi connectivity index (χ0) is 19.2. The predicted octanol–water partition coefficient (Wildman–Crippen LogP) is 1.95. The molecule has 0 atom stereocenters. The van der Waals surface area contributed by atoms with Crippen LogP contribution in [-0.4, -0.2) is 38.2 Å². The predicted molar refractivity (Wildman–Crippen MR) is 99.6 cm³/mol. The summed E-state index contributed by atoms with van der Waals surface area (Å²) in [5.41, 5.74) is 6.49. The average Bonchev–Trinajstić information content (AvgIpc) is 2.67. The summed E-state index contributed by atoms with van der Waals surface area (Å²) in [6.07, 6.45) is 0.593. The van der Waals surface area contributed by atoms with Crippen LogP contribution < -0.4 is 25.3 Å².